The summed E-state index contributed by atoms with van der Waals surface area (Å²) in [5.41, 5.74) is 0. The van der Waals surface area contributed by atoms with Crippen molar-refractivity contribution < 1.29 is 8.42 Å². The molecule has 1 fully saturated rings. The van der Waals surface area contributed by atoms with E-state index in [9.17, 15) is 8.42 Å². The van der Waals surface area contributed by atoms with Gasteiger partial charge in [-0.2, -0.15) is 4.31 Å². The molecule has 4 rings (SSSR count). The summed E-state index contributed by atoms with van der Waals surface area (Å²) >= 11 is 0. The molecule has 24 heavy (non-hydrogen) atoms. The van der Waals surface area contributed by atoms with Gasteiger partial charge >= 0.3 is 0 Å². The highest BCUT2D eigenvalue weighted by Gasteiger charge is 2.32. The van der Waals surface area contributed by atoms with Gasteiger partial charge in [-0.05, 0) is 25.0 Å². The van der Waals surface area contributed by atoms with E-state index >= 15 is 0 Å². The van der Waals surface area contributed by atoms with E-state index < -0.39 is 10.0 Å². The molecular weight excluding hydrogens is 326 g/mol. The van der Waals surface area contributed by atoms with Gasteiger partial charge in [-0.1, -0.05) is 18.2 Å². The summed E-state index contributed by atoms with van der Waals surface area (Å²) in [4.78, 5) is 0.370. The number of hydrogen-bond donors (Lipinski definition) is 1. The third-order valence-corrected chi connectivity index (χ3v) is 6.76. The van der Waals surface area contributed by atoms with E-state index in [0.717, 1.165) is 44.1 Å². The first-order valence-electron chi connectivity index (χ1n) is 8.34. The van der Waals surface area contributed by atoms with Crippen LogP contribution in [0.3, 0.4) is 0 Å². The van der Waals surface area contributed by atoms with Gasteiger partial charge in [-0.3, -0.25) is 0 Å². The van der Waals surface area contributed by atoms with Crippen molar-refractivity contribution in [1.82, 2.24) is 24.4 Å². The monoisotopic (exact) mass is 347 g/mol. The van der Waals surface area contributed by atoms with E-state index in [0.29, 0.717) is 18.0 Å². The van der Waals surface area contributed by atoms with E-state index in [1.807, 2.05) is 6.07 Å². The summed E-state index contributed by atoms with van der Waals surface area (Å²) in [6.45, 7) is 3.64. The van der Waals surface area contributed by atoms with Gasteiger partial charge in [-0.15, -0.1) is 10.2 Å². The van der Waals surface area contributed by atoms with E-state index in [-0.39, 0.29) is 5.92 Å². The van der Waals surface area contributed by atoms with Crippen molar-refractivity contribution in [3.05, 3.63) is 42.0 Å². The summed E-state index contributed by atoms with van der Waals surface area (Å²) in [5, 5.41) is 11.9. The van der Waals surface area contributed by atoms with Crippen LogP contribution in [0.2, 0.25) is 0 Å². The van der Waals surface area contributed by atoms with Gasteiger partial charge in [0.1, 0.15) is 11.6 Å². The molecule has 2 aliphatic heterocycles. The largest absolute Gasteiger partial charge is 0.312 e. The average molecular weight is 347 g/mol. The molecule has 2 aromatic rings. The SMILES string of the molecule is O=S(=O)(c1ccccc1)N1CCC(c2nnc3n2CCNC3)CC1. The molecule has 3 heterocycles. The van der Waals surface area contributed by atoms with Crippen LogP contribution < -0.4 is 5.32 Å². The molecule has 0 unspecified atom stereocenters. The summed E-state index contributed by atoms with van der Waals surface area (Å²) in [6.07, 6.45) is 1.58. The molecule has 2 aliphatic rings. The molecule has 128 valence electrons. The number of fused-ring (bicyclic) bond motifs is 1. The Bertz CT molecular complexity index is 810. The molecule has 0 amide bonds. The van der Waals surface area contributed by atoms with E-state index in [4.69, 9.17) is 0 Å². The van der Waals surface area contributed by atoms with Crippen molar-refractivity contribution in [3.63, 3.8) is 0 Å². The molecule has 0 aliphatic carbocycles. The van der Waals surface area contributed by atoms with Crippen molar-refractivity contribution in [2.75, 3.05) is 19.6 Å². The second-order valence-corrected chi connectivity index (χ2v) is 8.23. The van der Waals surface area contributed by atoms with Crippen LogP contribution in [-0.4, -0.2) is 47.1 Å². The Morgan fingerprint density at radius 3 is 2.54 bits per heavy atom. The Labute approximate surface area is 141 Å². The van der Waals surface area contributed by atoms with Crippen molar-refractivity contribution >= 4 is 10.0 Å². The third-order valence-electron chi connectivity index (χ3n) is 4.85. The fourth-order valence-electron chi connectivity index (χ4n) is 3.51. The summed E-state index contributed by atoms with van der Waals surface area (Å²) in [7, 11) is -3.39. The van der Waals surface area contributed by atoms with Crippen LogP contribution in [0.5, 0.6) is 0 Å². The smallest absolute Gasteiger partial charge is 0.243 e. The Hall–Kier alpha value is -1.77. The molecule has 0 spiro atoms. The van der Waals surface area contributed by atoms with Crippen LogP contribution in [0.15, 0.2) is 35.2 Å². The number of nitrogens with one attached hydrogen (secondary N) is 1. The van der Waals surface area contributed by atoms with Crippen LogP contribution >= 0.6 is 0 Å². The number of nitrogens with zero attached hydrogens (tertiary/aromatic N) is 4. The summed E-state index contributed by atoms with van der Waals surface area (Å²) in [6, 6.07) is 8.66. The molecule has 1 saturated heterocycles. The van der Waals surface area contributed by atoms with E-state index in [2.05, 4.69) is 20.1 Å². The van der Waals surface area contributed by atoms with Gasteiger partial charge in [0.05, 0.1) is 11.4 Å². The lowest BCUT2D eigenvalue weighted by molar-refractivity contribution is 0.307. The minimum Gasteiger partial charge on any atom is -0.312 e. The van der Waals surface area contributed by atoms with Crippen LogP contribution in [-0.2, 0) is 23.1 Å². The molecule has 1 aromatic heterocycles. The average Bonchev–Trinajstić information content (AvgIpc) is 3.07. The predicted octanol–water partition coefficient (Wildman–Crippen LogP) is 0.950. The lowest BCUT2D eigenvalue weighted by atomic mass is 9.97. The first kappa shape index (κ1) is 15.7. The molecule has 0 radical (unpaired) electrons. The molecule has 0 bridgehead atoms. The summed E-state index contributed by atoms with van der Waals surface area (Å²) in [5.74, 6) is 2.28. The molecule has 1 N–H and O–H groups in total. The zero-order chi connectivity index (χ0) is 16.6. The second-order valence-electron chi connectivity index (χ2n) is 6.29. The van der Waals surface area contributed by atoms with Crippen molar-refractivity contribution in [2.45, 2.75) is 36.7 Å². The number of benzene rings is 1. The highest BCUT2D eigenvalue weighted by atomic mass is 32.2. The van der Waals surface area contributed by atoms with Crippen molar-refractivity contribution in [2.24, 2.45) is 0 Å². The number of hydrogen-bond acceptors (Lipinski definition) is 5. The minimum absolute atomic E-state index is 0.284. The Balaban J connectivity index is 1.48. The highest BCUT2D eigenvalue weighted by molar-refractivity contribution is 7.89. The molecule has 1 aromatic carbocycles. The molecule has 8 heteroatoms. The normalized spacial score (nSPS) is 20.0. The molecular formula is C16H21N5O2S. The van der Waals surface area contributed by atoms with Gasteiger partial charge in [0.25, 0.3) is 0 Å². The van der Waals surface area contributed by atoms with Gasteiger partial charge in [0.2, 0.25) is 10.0 Å². The first-order chi connectivity index (χ1) is 11.7. The summed E-state index contributed by atoms with van der Waals surface area (Å²) < 4.78 is 29.2. The lowest BCUT2D eigenvalue weighted by Gasteiger charge is -2.31. The molecule has 0 saturated carbocycles. The maximum Gasteiger partial charge on any atom is 0.243 e. The topological polar surface area (TPSA) is 80.1 Å². The zero-order valence-corrected chi connectivity index (χ0v) is 14.2. The van der Waals surface area contributed by atoms with E-state index in [1.54, 1.807) is 28.6 Å². The number of rotatable bonds is 3. The number of piperidine rings is 1. The predicted molar refractivity (Wildman–Crippen MR) is 88.9 cm³/mol. The fraction of sp³-hybridized carbons (Fsp3) is 0.500. The van der Waals surface area contributed by atoms with Gasteiger partial charge in [0, 0.05) is 32.1 Å². The van der Waals surface area contributed by atoms with Gasteiger partial charge in [-0.25, -0.2) is 8.42 Å². The first-order valence-corrected chi connectivity index (χ1v) is 9.78. The zero-order valence-electron chi connectivity index (χ0n) is 13.4. The molecule has 7 nitrogen and oxygen atoms in total. The second kappa shape index (κ2) is 6.27. The van der Waals surface area contributed by atoms with Gasteiger partial charge in [0.15, 0.2) is 0 Å². The maximum atomic E-state index is 12.7. The van der Waals surface area contributed by atoms with E-state index in [1.165, 1.54) is 0 Å². The highest BCUT2D eigenvalue weighted by Crippen LogP contribution is 2.30. The number of sulfonamides is 1. The van der Waals surface area contributed by atoms with Crippen LogP contribution in [0.4, 0.5) is 0 Å². The Kier molecular flexibility index (Phi) is 4.11. The fourth-order valence-corrected chi connectivity index (χ4v) is 5.00. The third kappa shape index (κ3) is 2.74. The number of aromatic nitrogens is 3. The van der Waals surface area contributed by atoms with Crippen molar-refractivity contribution in [1.29, 1.82) is 0 Å². The van der Waals surface area contributed by atoms with Gasteiger partial charge < -0.3 is 9.88 Å². The Morgan fingerprint density at radius 1 is 1.04 bits per heavy atom. The molecule has 0 atom stereocenters. The van der Waals surface area contributed by atoms with Crippen LogP contribution in [0, 0.1) is 0 Å². The van der Waals surface area contributed by atoms with Crippen molar-refractivity contribution in [3.8, 4) is 0 Å². The quantitative estimate of drug-likeness (QED) is 0.894. The maximum absolute atomic E-state index is 12.7. The lowest BCUT2D eigenvalue weighted by Crippen LogP contribution is -2.38. The van der Waals surface area contributed by atoms with Crippen LogP contribution in [0.25, 0.3) is 0 Å². The minimum atomic E-state index is -3.39. The Morgan fingerprint density at radius 2 is 1.79 bits per heavy atom. The standard InChI is InChI=1S/C16H21N5O2S/c22-24(23,14-4-2-1-3-5-14)20-9-6-13(7-10-20)16-19-18-15-12-17-8-11-21(15)16/h1-5,13,17H,6-12H2. The van der Waals surface area contributed by atoms with Crippen LogP contribution in [0.1, 0.15) is 30.4 Å².